The van der Waals surface area contributed by atoms with Crippen LogP contribution in [0.15, 0.2) is 36.8 Å². The number of aliphatic hydroxyl groups is 1. The molecule has 5 rings (SSSR count). The molecule has 1 aliphatic heterocycles. The first kappa shape index (κ1) is 26.1. The second-order valence-corrected chi connectivity index (χ2v) is 11.6. The minimum absolute atomic E-state index is 0.0984. The Morgan fingerprint density at radius 1 is 1.30 bits per heavy atom. The fraction of sp³-hybridized carbons (Fsp3) is 0.423. The molecule has 0 saturated heterocycles. The Morgan fingerprint density at radius 2 is 2.14 bits per heavy atom. The summed E-state index contributed by atoms with van der Waals surface area (Å²) in [6.45, 7) is 4.83. The van der Waals surface area contributed by atoms with Gasteiger partial charge in [0, 0.05) is 23.0 Å². The van der Waals surface area contributed by atoms with Crippen molar-refractivity contribution in [2.75, 3.05) is 18.5 Å². The summed E-state index contributed by atoms with van der Waals surface area (Å²) in [5, 5.41) is 18.8. The zero-order valence-corrected chi connectivity index (χ0v) is 22.3. The molecule has 2 unspecified atom stereocenters. The number of aliphatic hydroxyl groups excluding tert-OH is 1. The monoisotopic (exact) mass is 542 g/mol. The molecule has 1 aromatic carbocycles. The normalized spacial score (nSPS) is 24.0. The molecule has 1 fully saturated rings. The van der Waals surface area contributed by atoms with Gasteiger partial charge in [0.25, 0.3) is 0 Å². The molecule has 5 atom stereocenters. The number of carbonyl (C=O) groups excluding carboxylic acids is 1. The number of fused-ring (bicyclic) bond motifs is 1. The lowest BCUT2D eigenvalue weighted by atomic mass is 9.91. The molecule has 2 aromatic heterocycles. The minimum atomic E-state index is -1.88. The lowest BCUT2D eigenvalue weighted by Gasteiger charge is -2.26. The summed E-state index contributed by atoms with van der Waals surface area (Å²) in [5.41, 5.74) is 4.99. The van der Waals surface area contributed by atoms with E-state index in [2.05, 4.69) is 40.4 Å². The van der Waals surface area contributed by atoms with E-state index in [4.69, 9.17) is 14.1 Å². The summed E-state index contributed by atoms with van der Waals surface area (Å²) in [6, 6.07) is 8.26. The van der Waals surface area contributed by atoms with Crippen LogP contribution >= 0.6 is 11.3 Å². The third-order valence-electron chi connectivity index (χ3n) is 7.06. The van der Waals surface area contributed by atoms with Crippen molar-refractivity contribution in [2.24, 2.45) is 11.1 Å². The van der Waals surface area contributed by atoms with Gasteiger partial charge in [-0.25, -0.2) is 19.3 Å². The highest BCUT2D eigenvalue weighted by molar-refractivity contribution is 7.77. The number of nitrogens with one attached hydrogen (secondary N) is 1. The standard InChI is InChI=1S/C26H30N4O5S2/c1-14-3-4-16-5-6-34-25(20(16)7-14)19-10-23(36-15(19)2)24(32)21-11-28-13-29-26(21)30-18-8-17(22(31)9-18)12-35-37(27)33/h3-4,7,10-11,13,17-18,22,25,31H,5-6,8-9,12,27H2,1-2H3,(H,28,29,30)/t17-,18-,22+,25?,37?/m1/s1. The van der Waals surface area contributed by atoms with Crippen molar-refractivity contribution in [2.45, 2.75) is 51.4 Å². The molecule has 0 radical (unpaired) electrons. The van der Waals surface area contributed by atoms with E-state index in [1.165, 1.54) is 35.0 Å². The smallest absolute Gasteiger partial charge is 0.231 e. The van der Waals surface area contributed by atoms with Crippen LogP contribution in [0.25, 0.3) is 0 Å². The van der Waals surface area contributed by atoms with Crippen LogP contribution in [0.3, 0.4) is 0 Å². The Bertz CT molecular complexity index is 1330. The lowest BCUT2D eigenvalue weighted by molar-refractivity contribution is 0.0697. The van der Waals surface area contributed by atoms with E-state index < -0.39 is 17.4 Å². The van der Waals surface area contributed by atoms with E-state index in [-0.39, 0.29) is 30.5 Å². The summed E-state index contributed by atoms with van der Waals surface area (Å²) in [7, 11) is 0. The number of nitrogens with zero attached hydrogens (tertiary/aromatic N) is 2. The highest BCUT2D eigenvalue weighted by Gasteiger charge is 2.34. The first-order valence-electron chi connectivity index (χ1n) is 12.2. The van der Waals surface area contributed by atoms with Gasteiger partial charge in [-0.2, -0.15) is 0 Å². The predicted octanol–water partition coefficient (Wildman–Crippen LogP) is 3.15. The Hall–Kier alpha value is -2.54. The van der Waals surface area contributed by atoms with Gasteiger partial charge >= 0.3 is 0 Å². The number of rotatable bonds is 8. The number of carbonyl (C=O) groups is 1. The molecule has 0 bridgehead atoms. The van der Waals surface area contributed by atoms with Crippen molar-refractivity contribution in [1.29, 1.82) is 0 Å². The molecule has 0 amide bonds. The fourth-order valence-corrected chi connectivity index (χ4v) is 6.49. The van der Waals surface area contributed by atoms with Crippen molar-refractivity contribution in [3.05, 3.63) is 74.4 Å². The van der Waals surface area contributed by atoms with Gasteiger partial charge in [0.2, 0.25) is 17.0 Å². The van der Waals surface area contributed by atoms with Gasteiger partial charge < -0.3 is 15.2 Å². The Morgan fingerprint density at radius 3 is 2.95 bits per heavy atom. The minimum Gasteiger partial charge on any atom is -0.393 e. The van der Waals surface area contributed by atoms with E-state index in [0.29, 0.717) is 35.7 Å². The first-order chi connectivity index (χ1) is 17.8. The molecule has 4 N–H and O–H groups in total. The van der Waals surface area contributed by atoms with Crippen LogP contribution < -0.4 is 10.5 Å². The Balaban J connectivity index is 1.36. The van der Waals surface area contributed by atoms with Crippen molar-refractivity contribution < 1.29 is 23.0 Å². The van der Waals surface area contributed by atoms with E-state index in [1.54, 1.807) is 0 Å². The van der Waals surface area contributed by atoms with Gasteiger partial charge in [0.15, 0.2) is 0 Å². The van der Waals surface area contributed by atoms with E-state index in [0.717, 1.165) is 22.4 Å². The van der Waals surface area contributed by atoms with Gasteiger partial charge in [-0.3, -0.25) is 8.98 Å². The van der Waals surface area contributed by atoms with E-state index in [9.17, 15) is 14.1 Å². The molecule has 0 spiro atoms. The second kappa shape index (κ2) is 11.1. The molecule has 1 aliphatic carbocycles. The number of hydrogen-bond donors (Lipinski definition) is 3. The van der Waals surface area contributed by atoms with Crippen LogP contribution in [0.1, 0.15) is 61.3 Å². The molecule has 2 aliphatic rings. The van der Waals surface area contributed by atoms with Crippen LogP contribution in [0.4, 0.5) is 5.82 Å². The third kappa shape index (κ3) is 5.66. The molecule has 196 valence electrons. The van der Waals surface area contributed by atoms with Gasteiger partial charge in [0.1, 0.15) is 18.2 Å². The van der Waals surface area contributed by atoms with Gasteiger partial charge in [-0.05, 0) is 55.9 Å². The summed E-state index contributed by atoms with van der Waals surface area (Å²) in [6.07, 6.45) is 3.97. The number of anilines is 1. The SMILES string of the molecule is Cc1ccc2c(c1)C(c1cc(C(=O)c3cncnc3N[C@@H]3C[C@H](COS(N)=O)[C@@H](O)C3)sc1C)OCC2. The number of aromatic nitrogens is 2. The number of benzene rings is 1. The highest BCUT2D eigenvalue weighted by Crippen LogP contribution is 2.39. The largest absolute Gasteiger partial charge is 0.393 e. The summed E-state index contributed by atoms with van der Waals surface area (Å²) in [4.78, 5) is 23.7. The fourth-order valence-electron chi connectivity index (χ4n) is 5.18. The van der Waals surface area contributed by atoms with Crippen molar-refractivity contribution in [3.63, 3.8) is 0 Å². The topological polar surface area (TPSA) is 137 Å². The maximum absolute atomic E-state index is 13.6. The maximum Gasteiger partial charge on any atom is 0.231 e. The average Bonchev–Trinajstić information content (AvgIpc) is 3.43. The molecule has 37 heavy (non-hydrogen) atoms. The second-order valence-electron chi connectivity index (χ2n) is 9.62. The third-order valence-corrected chi connectivity index (χ3v) is 8.49. The zero-order chi connectivity index (χ0) is 26.1. The predicted molar refractivity (Wildman–Crippen MR) is 142 cm³/mol. The molecule has 1 saturated carbocycles. The molecular formula is C26H30N4O5S2. The Labute approximate surface area is 222 Å². The Kier molecular flexibility index (Phi) is 7.80. The summed E-state index contributed by atoms with van der Waals surface area (Å²) < 4.78 is 22.2. The average molecular weight is 543 g/mol. The zero-order valence-electron chi connectivity index (χ0n) is 20.7. The van der Waals surface area contributed by atoms with Gasteiger partial charge in [-0.1, -0.05) is 23.8 Å². The first-order valence-corrected chi connectivity index (χ1v) is 14.2. The number of hydrogen-bond acceptors (Lipinski definition) is 9. The quantitative estimate of drug-likeness (QED) is 0.369. The molecule has 9 nitrogen and oxygen atoms in total. The lowest BCUT2D eigenvalue weighted by Crippen LogP contribution is -2.21. The number of thiophene rings is 1. The van der Waals surface area contributed by atoms with Gasteiger partial charge in [0.05, 0.1) is 29.8 Å². The van der Waals surface area contributed by atoms with Crippen molar-refractivity contribution >= 4 is 34.2 Å². The van der Waals surface area contributed by atoms with E-state index in [1.807, 2.05) is 13.0 Å². The molecular weight excluding hydrogens is 512 g/mol. The highest BCUT2D eigenvalue weighted by atomic mass is 32.2. The van der Waals surface area contributed by atoms with Gasteiger partial charge in [-0.15, -0.1) is 11.3 Å². The summed E-state index contributed by atoms with van der Waals surface area (Å²) >= 11 is -0.436. The molecule has 3 heterocycles. The van der Waals surface area contributed by atoms with Crippen LogP contribution in [0, 0.1) is 19.8 Å². The number of aryl methyl sites for hydroxylation is 2. The maximum atomic E-state index is 13.6. The van der Waals surface area contributed by atoms with E-state index >= 15 is 0 Å². The number of ether oxygens (including phenoxy) is 1. The van der Waals surface area contributed by atoms with Crippen molar-refractivity contribution in [3.8, 4) is 0 Å². The van der Waals surface area contributed by atoms with Crippen molar-refractivity contribution in [1.82, 2.24) is 9.97 Å². The van der Waals surface area contributed by atoms with Crippen LogP contribution in [-0.2, 0) is 26.6 Å². The number of ketones is 1. The molecule has 11 heteroatoms. The van der Waals surface area contributed by atoms with Crippen LogP contribution in [-0.4, -0.2) is 50.4 Å². The summed E-state index contributed by atoms with van der Waals surface area (Å²) in [5.74, 6) is 0.0406. The van der Waals surface area contributed by atoms with Crippen LogP contribution in [0.2, 0.25) is 0 Å². The van der Waals surface area contributed by atoms with Crippen LogP contribution in [0.5, 0.6) is 0 Å². The number of nitrogens with two attached hydrogens (primary N) is 1. The molecule has 3 aromatic rings.